The first kappa shape index (κ1) is 16.2. The van der Waals surface area contributed by atoms with E-state index in [0.717, 1.165) is 49.3 Å². The van der Waals surface area contributed by atoms with E-state index in [0.29, 0.717) is 0 Å². The minimum Gasteiger partial charge on any atom is -0.353 e. The number of benzene rings is 1. The second-order valence-corrected chi connectivity index (χ2v) is 6.09. The summed E-state index contributed by atoms with van der Waals surface area (Å²) in [6, 6.07) is 10.1. The molecule has 1 N–H and O–H groups in total. The van der Waals surface area contributed by atoms with Crippen molar-refractivity contribution in [3.05, 3.63) is 41.7 Å². The van der Waals surface area contributed by atoms with Gasteiger partial charge in [0.05, 0.1) is 0 Å². The number of anilines is 3. The molecule has 1 aromatic heterocycles. The number of amides is 1. The highest BCUT2D eigenvalue weighted by atomic mass is 16.2. The smallest absolute Gasteiger partial charge is 0.219 e. The summed E-state index contributed by atoms with van der Waals surface area (Å²) < 4.78 is 0. The van der Waals surface area contributed by atoms with Gasteiger partial charge < -0.3 is 15.1 Å². The quantitative estimate of drug-likeness (QED) is 0.939. The third-order valence-electron chi connectivity index (χ3n) is 4.28. The highest BCUT2D eigenvalue weighted by Crippen LogP contribution is 2.22. The van der Waals surface area contributed by atoms with Crippen LogP contribution in [-0.2, 0) is 4.79 Å². The van der Waals surface area contributed by atoms with Crippen LogP contribution in [0, 0.1) is 13.8 Å². The normalized spacial score (nSPS) is 14.6. The van der Waals surface area contributed by atoms with E-state index in [1.165, 1.54) is 5.56 Å². The molecule has 1 fully saturated rings. The SMILES string of the molecule is CC(=O)N1CCN(c2cc(Nc3ccccc3C)nc(C)n2)CC1. The van der Waals surface area contributed by atoms with Crippen LogP contribution in [0.2, 0.25) is 0 Å². The average molecular weight is 325 g/mol. The number of piperazine rings is 1. The van der Waals surface area contributed by atoms with E-state index in [1.54, 1.807) is 6.92 Å². The second kappa shape index (κ2) is 6.86. The van der Waals surface area contributed by atoms with Crippen molar-refractivity contribution < 1.29 is 4.79 Å². The number of aryl methyl sites for hydroxylation is 2. The predicted octanol–water partition coefficient (Wildman–Crippen LogP) is 2.51. The summed E-state index contributed by atoms with van der Waals surface area (Å²) in [5, 5.41) is 3.38. The standard InChI is InChI=1S/C18H23N5O/c1-13-6-4-5-7-16(13)21-17-12-18(20-14(2)19-17)23-10-8-22(9-11-23)15(3)24/h4-7,12H,8-11H2,1-3H3,(H,19,20,21). The first-order valence-corrected chi connectivity index (χ1v) is 8.22. The molecular formula is C18H23N5O. The number of para-hydroxylation sites is 1. The number of nitrogens with zero attached hydrogens (tertiary/aromatic N) is 4. The topological polar surface area (TPSA) is 61.4 Å². The maximum absolute atomic E-state index is 11.5. The number of hydrogen-bond acceptors (Lipinski definition) is 5. The molecule has 0 atom stereocenters. The van der Waals surface area contributed by atoms with Crippen molar-refractivity contribution in [1.29, 1.82) is 0 Å². The first-order valence-electron chi connectivity index (χ1n) is 8.22. The molecule has 1 aliphatic heterocycles. The molecule has 24 heavy (non-hydrogen) atoms. The summed E-state index contributed by atoms with van der Waals surface area (Å²) >= 11 is 0. The van der Waals surface area contributed by atoms with Gasteiger partial charge in [-0.05, 0) is 25.5 Å². The Morgan fingerprint density at radius 1 is 1.08 bits per heavy atom. The third-order valence-corrected chi connectivity index (χ3v) is 4.28. The van der Waals surface area contributed by atoms with Crippen molar-refractivity contribution in [2.75, 3.05) is 36.4 Å². The molecule has 1 aromatic carbocycles. The lowest BCUT2D eigenvalue weighted by Gasteiger charge is -2.35. The predicted molar refractivity (Wildman–Crippen MR) is 95.7 cm³/mol. The van der Waals surface area contributed by atoms with Gasteiger partial charge in [-0.2, -0.15) is 0 Å². The van der Waals surface area contributed by atoms with Gasteiger partial charge in [-0.15, -0.1) is 0 Å². The fourth-order valence-corrected chi connectivity index (χ4v) is 2.88. The van der Waals surface area contributed by atoms with Crippen molar-refractivity contribution in [3.63, 3.8) is 0 Å². The summed E-state index contributed by atoms with van der Waals surface area (Å²) in [7, 11) is 0. The summed E-state index contributed by atoms with van der Waals surface area (Å²) in [6.45, 7) is 8.64. The maximum atomic E-state index is 11.5. The highest BCUT2D eigenvalue weighted by molar-refractivity contribution is 5.73. The molecule has 0 aliphatic carbocycles. The average Bonchev–Trinajstić information content (AvgIpc) is 2.56. The van der Waals surface area contributed by atoms with E-state index in [-0.39, 0.29) is 5.91 Å². The van der Waals surface area contributed by atoms with E-state index >= 15 is 0 Å². The minimum atomic E-state index is 0.135. The van der Waals surface area contributed by atoms with E-state index in [2.05, 4.69) is 33.2 Å². The lowest BCUT2D eigenvalue weighted by atomic mass is 10.2. The lowest BCUT2D eigenvalue weighted by Crippen LogP contribution is -2.48. The zero-order valence-corrected chi connectivity index (χ0v) is 14.4. The van der Waals surface area contributed by atoms with E-state index in [4.69, 9.17) is 0 Å². The zero-order valence-electron chi connectivity index (χ0n) is 14.4. The summed E-state index contributed by atoms with van der Waals surface area (Å²) in [5.74, 6) is 2.57. The van der Waals surface area contributed by atoms with Crippen molar-refractivity contribution >= 4 is 23.2 Å². The maximum Gasteiger partial charge on any atom is 0.219 e. The molecular weight excluding hydrogens is 302 g/mol. The highest BCUT2D eigenvalue weighted by Gasteiger charge is 2.20. The Kier molecular flexibility index (Phi) is 4.64. The zero-order chi connectivity index (χ0) is 17.1. The summed E-state index contributed by atoms with van der Waals surface area (Å²) in [6.07, 6.45) is 0. The number of carbonyl (C=O) groups is 1. The van der Waals surface area contributed by atoms with Crippen LogP contribution in [0.5, 0.6) is 0 Å². The molecule has 0 radical (unpaired) electrons. The van der Waals surface area contributed by atoms with Gasteiger partial charge in [-0.3, -0.25) is 4.79 Å². The molecule has 1 amide bonds. The van der Waals surface area contributed by atoms with Crippen molar-refractivity contribution in [3.8, 4) is 0 Å². The molecule has 2 heterocycles. The van der Waals surface area contributed by atoms with Crippen molar-refractivity contribution in [2.45, 2.75) is 20.8 Å². The van der Waals surface area contributed by atoms with Crippen LogP contribution in [0.4, 0.5) is 17.3 Å². The van der Waals surface area contributed by atoms with Crippen LogP contribution >= 0.6 is 0 Å². The number of carbonyl (C=O) groups excluding carboxylic acids is 1. The fourth-order valence-electron chi connectivity index (χ4n) is 2.88. The van der Waals surface area contributed by atoms with Crippen LogP contribution in [0.1, 0.15) is 18.3 Å². The van der Waals surface area contributed by atoms with Crippen molar-refractivity contribution in [1.82, 2.24) is 14.9 Å². The summed E-state index contributed by atoms with van der Waals surface area (Å²) in [5.41, 5.74) is 2.22. The van der Waals surface area contributed by atoms with E-state index < -0.39 is 0 Å². The molecule has 6 heteroatoms. The van der Waals surface area contributed by atoms with Gasteiger partial charge in [-0.1, -0.05) is 18.2 Å². The molecule has 1 saturated heterocycles. The minimum absolute atomic E-state index is 0.135. The van der Waals surface area contributed by atoms with Gasteiger partial charge >= 0.3 is 0 Å². The Bertz CT molecular complexity index is 738. The lowest BCUT2D eigenvalue weighted by molar-refractivity contribution is -0.129. The van der Waals surface area contributed by atoms with Crippen LogP contribution in [0.25, 0.3) is 0 Å². The van der Waals surface area contributed by atoms with Crippen LogP contribution in [-0.4, -0.2) is 47.0 Å². The molecule has 0 unspecified atom stereocenters. The van der Waals surface area contributed by atoms with Gasteiger partial charge in [0.15, 0.2) is 0 Å². The molecule has 0 bridgehead atoms. The van der Waals surface area contributed by atoms with Gasteiger partial charge in [0, 0.05) is 44.9 Å². The Morgan fingerprint density at radius 3 is 2.46 bits per heavy atom. The fraction of sp³-hybridized carbons (Fsp3) is 0.389. The molecule has 2 aromatic rings. The number of nitrogens with one attached hydrogen (secondary N) is 1. The molecule has 3 rings (SSSR count). The Balaban J connectivity index is 1.77. The summed E-state index contributed by atoms with van der Waals surface area (Å²) in [4.78, 5) is 24.6. The van der Waals surface area contributed by atoms with Gasteiger partial charge in [0.25, 0.3) is 0 Å². The number of hydrogen-bond donors (Lipinski definition) is 1. The second-order valence-electron chi connectivity index (χ2n) is 6.09. The van der Waals surface area contributed by atoms with Crippen molar-refractivity contribution in [2.24, 2.45) is 0 Å². The molecule has 6 nitrogen and oxygen atoms in total. The Labute approximate surface area is 142 Å². The van der Waals surface area contributed by atoms with Crippen LogP contribution < -0.4 is 10.2 Å². The number of aromatic nitrogens is 2. The van der Waals surface area contributed by atoms with Gasteiger partial charge in [-0.25, -0.2) is 9.97 Å². The Hall–Kier alpha value is -2.63. The molecule has 126 valence electrons. The van der Waals surface area contributed by atoms with Gasteiger partial charge in [0.2, 0.25) is 5.91 Å². The van der Waals surface area contributed by atoms with E-state index in [1.807, 2.05) is 36.1 Å². The van der Waals surface area contributed by atoms with Crippen LogP contribution in [0.3, 0.4) is 0 Å². The van der Waals surface area contributed by atoms with E-state index in [9.17, 15) is 4.79 Å². The molecule has 1 aliphatic rings. The van der Waals surface area contributed by atoms with Gasteiger partial charge in [0.1, 0.15) is 17.5 Å². The molecule has 0 spiro atoms. The number of rotatable bonds is 3. The molecule has 0 saturated carbocycles. The third kappa shape index (κ3) is 3.64. The monoisotopic (exact) mass is 325 g/mol. The Morgan fingerprint density at radius 2 is 1.79 bits per heavy atom. The largest absolute Gasteiger partial charge is 0.353 e. The first-order chi connectivity index (χ1) is 11.5. The van der Waals surface area contributed by atoms with Crippen LogP contribution in [0.15, 0.2) is 30.3 Å².